The molecule has 0 saturated heterocycles. The molecule has 0 aliphatic carbocycles. The van der Waals surface area contributed by atoms with Crippen LogP contribution in [0.25, 0.3) is 11.0 Å². The molecule has 0 radical (unpaired) electrons. The lowest BCUT2D eigenvalue weighted by Gasteiger charge is -2.21. The van der Waals surface area contributed by atoms with Crippen LogP contribution in [0.15, 0.2) is 62.2 Å². The van der Waals surface area contributed by atoms with E-state index in [1.807, 2.05) is 19.1 Å². The number of aryl methyl sites for hydroxylation is 1. The van der Waals surface area contributed by atoms with Gasteiger partial charge in [-0.05, 0) is 49.2 Å². The van der Waals surface area contributed by atoms with Gasteiger partial charge in [-0.25, -0.2) is 9.59 Å². The lowest BCUT2D eigenvalue weighted by Crippen LogP contribution is -2.39. The molecule has 3 N–H and O–H groups in total. The predicted octanol–water partition coefficient (Wildman–Crippen LogP) is 4.11. The first-order valence-electron chi connectivity index (χ1n) is 8.39. The molecule has 2 aromatic carbocycles. The van der Waals surface area contributed by atoms with Gasteiger partial charge in [0.1, 0.15) is 5.58 Å². The number of carbonyl (C=O) groups excluding carboxylic acids is 1. The molecule has 27 heavy (non-hydrogen) atoms. The second-order valence-electron chi connectivity index (χ2n) is 6.34. The number of rotatable bonds is 4. The molecule has 7 heteroatoms. The van der Waals surface area contributed by atoms with E-state index in [9.17, 15) is 14.7 Å². The van der Waals surface area contributed by atoms with Gasteiger partial charge in [0, 0.05) is 27.7 Å². The molecule has 0 saturated carbocycles. The number of amides is 2. The fraction of sp³-hybridized carbons (Fsp3) is 0.200. The molecule has 0 fully saturated rings. The highest BCUT2D eigenvalue weighted by atomic mass is 79.9. The van der Waals surface area contributed by atoms with E-state index in [2.05, 4.69) is 26.6 Å². The summed E-state index contributed by atoms with van der Waals surface area (Å²) in [7, 11) is 0. The van der Waals surface area contributed by atoms with Gasteiger partial charge in [0.05, 0.1) is 12.1 Å². The van der Waals surface area contributed by atoms with Crippen molar-refractivity contribution in [2.75, 3.05) is 5.32 Å². The summed E-state index contributed by atoms with van der Waals surface area (Å²) < 4.78 is 6.09. The van der Waals surface area contributed by atoms with Gasteiger partial charge in [0.25, 0.3) is 0 Å². The smallest absolute Gasteiger partial charge is 0.336 e. The number of aliphatic hydroxyl groups is 1. The minimum absolute atomic E-state index is 0.403. The molecule has 1 heterocycles. The van der Waals surface area contributed by atoms with Crippen molar-refractivity contribution in [1.29, 1.82) is 0 Å². The van der Waals surface area contributed by atoms with E-state index >= 15 is 0 Å². The summed E-state index contributed by atoms with van der Waals surface area (Å²) in [5, 5.41) is 16.6. The third-order valence-corrected chi connectivity index (χ3v) is 4.78. The van der Waals surface area contributed by atoms with Gasteiger partial charge in [0.2, 0.25) is 0 Å². The Morgan fingerprint density at radius 3 is 2.56 bits per heavy atom. The molecule has 3 aromatic rings. The largest absolute Gasteiger partial charge is 0.423 e. The molecule has 0 spiro atoms. The van der Waals surface area contributed by atoms with Crippen LogP contribution in [-0.2, 0) is 0 Å². The first-order valence-corrected chi connectivity index (χ1v) is 9.18. The molecule has 0 aliphatic heterocycles. The Labute approximate surface area is 164 Å². The lowest BCUT2D eigenvalue weighted by atomic mass is 10.0. The van der Waals surface area contributed by atoms with E-state index in [1.54, 1.807) is 37.3 Å². The number of fused-ring (bicyclic) bond motifs is 1. The maximum absolute atomic E-state index is 12.2. The Bertz CT molecular complexity index is 1030. The zero-order valence-corrected chi connectivity index (χ0v) is 16.4. The number of aliphatic hydroxyl groups excluding tert-OH is 1. The van der Waals surface area contributed by atoms with Crippen LogP contribution in [0.3, 0.4) is 0 Å². The van der Waals surface area contributed by atoms with Crippen LogP contribution < -0.4 is 16.3 Å². The highest BCUT2D eigenvalue weighted by Crippen LogP contribution is 2.22. The van der Waals surface area contributed by atoms with Crippen molar-refractivity contribution in [1.82, 2.24) is 5.32 Å². The van der Waals surface area contributed by atoms with Crippen LogP contribution in [0.5, 0.6) is 0 Å². The van der Waals surface area contributed by atoms with Gasteiger partial charge >= 0.3 is 11.7 Å². The zero-order chi connectivity index (χ0) is 19.6. The Hall–Kier alpha value is -2.64. The minimum atomic E-state index is -0.846. The van der Waals surface area contributed by atoms with Crippen molar-refractivity contribution < 1.29 is 14.3 Å². The van der Waals surface area contributed by atoms with Gasteiger partial charge in [-0.3, -0.25) is 0 Å². The second-order valence-corrected chi connectivity index (χ2v) is 7.26. The normalized spacial score (nSPS) is 13.2. The first kappa shape index (κ1) is 19.1. The summed E-state index contributed by atoms with van der Waals surface area (Å²) in [5.41, 5.74) is 1.96. The summed E-state index contributed by atoms with van der Waals surface area (Å²) in [6, 6.07) is 12.8. The molecular weight excluding hydrogens is 412 g/mol. The molecule has 6 nitrogen and oxygen atoms in total. The van der Waals surface area contributed by atoms with Crippen LogP contribution in [-0.4, -0.2) is 17.2 Å². The SMILES string of the molecule is Cc1cc(=O)oc2cc(NC(=O)N[C@H](C)[C@@H](O)c3ccc(Br)cc3)ccc12. The van der Waals surface area contributed by atoms with E-state index in [1.165, 1.54) is 6.07 Å². The fourth-order valence-corrected chi connectivity index (χ4v) is 3.07. The van der Waals surface area contributed by atoms with E-state index in [4.69, 9.17) is 4.42 Å². The van der Waals surface area contributed by atoms with Crippen LogP contribution in [0, 0.1) is 6.92 Å². The maximum atomic E-state index is 12.2. The predicted molar refractivity (Wildman–Crippen MR) is 108 cm³/mol. The number of hydrogen-bond acceptors (Lipinski definition) is 4. The first-order chi connectivity index (χ1) is 12.8. The van der Waals surface area contributed by atoms with Gasteiger partial charge in [-0.1, -0.05) is 28.1 Å². The molecule has 1 aromatic heterocycles. The molecule has 0 bridgehead atoms. The number of carbonyl (C=O) groups is 1. The number of anilines is 1. The number of halogens is 1. The van der Waals surface area contributed by atoms with Gasteiger partial charge < -0.3 is 20.2 Å². The van der Waals surface area contributed by atoms with E-state index in [0.717, 1.165) is 15.4 Å². The number of hydrogen-bond donors (Lipinski definition) is 3. The van der Waals surface area contributed by atoms with E-state index in [-0.39, 0.29) is 0 Å². The highest BCUT2D eigenvalue weighted by Gasteiger charge is 2.18. The van der Waals surface area contributed by atoms with Crippen LogP contribution in [0.4, 0.5) is 10.5 Å². The summed E-state index contributed by atoms with van der Waals surface area (Å²) >= 11 is 3.35. The van der Waals surface area contributed by atoms with Crippen LogP contribution in [0.2, 0.25) is 0 Å². The molecule has 140 valence electrons. The highest BCUT2D eigenvalue weighted by molar-refractivity contribution is 9.10. The molecule has 0 aliphatic rings. The quantitative estimate of drug-likeness (QED) is 0.543. The Balaban J connectivity index is 1.69. The summed E-state index contributed by atoms with van der Waals surface area (Å²) in [4.78, 5) is 23.8. The van der Waals surface area contributed by atoms with Crippen molar-refractivity contribution in [2.24, 2.45) is 0 Å². The molecular formula is C20H19BrN2O4. The van der Waals surface area contributed by atoms with Crippen LogP contribution >= 0.6 is 15.9 Å². The van der Waals surface area contributed by atoms with Crippen LogP contribution in [0.1, 0.15) is 24.2 Å². The number of urea groups is 1. The fourth-order valence-electron chi connectivity index (χ4n) is 2.80. The maximum Gasteiger partial charge on any atom is 0.336 e. The number of benzene rings is 2. The second kappa shape index (κ2) is 7.94. The average molecular weight is 431 g/mol. The summed E-state index contributed by atoms with van der Waals surface area (Å²) in [6.45, 7) is 3.54. The third-order valence-electron chi connectivity index (χ3n) is 4.25. The van der Waals surface area contributed by atoms with Crippen molar-refractivity contribution >= 4 is 38.6 Å². The molecule has 2 atom stereocenters. The summed E-state index contributed by atoms with van der Waals surface area (Å²) in [6.07, 6.45) is -0.846. The van der Waals surface area contributed by atoms with Crippen molar-refractivity contribution in [2.45, 2.75) is 26.0 Å². The Kier molecular flexibility index (Phi) is 5.62. The summed E-state index contributed by atoms with van der Waals surface area (Å²) in [5.74, 6) is 0. The topological polar surface area (TPSA) is 91.6 Å². The van der Waals surface area contributed by atoms with E-state index in [0.29, 0.717) is 16.8 Å². The van der Waals surface area contributed by atoms with Gasteiger partial charge in [0.15, 0.2) is 0 Å². The van der Waals surface area contributed by atoms with Crippen molar-refractivity contribution in [3.8, 4) is 0 Å². The monoisotopic (exact) mass is 430 g/mol. The molecule has 0 unspecified atom stereocenters. The standard InChI is InChI=1S/C20H19BrN2O4/c1-11-9-18(24)27-17-10-15(7-8-16(11)17)23-20(26)22-12(2)19(25)13-3-5-14(21)6-4-13/h3-10,12,19,25H,1-2H3,(H2,22,23,26)/t12-,19-/m1/s1. The third kappa shape index (κ3) is 4.56. The van der Waals surface area contributed by atoms with Crippen molar-refractivity contribution in [3.63, 3.8) is 0 Å². The zero-order valence-electron chi connectivity index (χ0n) is 14.8. The minimum Gasteiger partial charge on any atom is -0.423 e. The lowest BCUT2D eigenvalue weighted by molar-refractivity contribution is 0.139. The molecule has 3 rings (SSSR count). The number of nitrogens with one attached hydrogen (secondary N) is 2. The van der Waals surface area contributed by atoms with Gasteiger partial charge in [-0.2, -0.15) is 0 Å². The van der Waals surface area contributed by atoms with Crippen molar-refractivity contribution in [3.05, 3.63) is 74.6 Å². The molecule has 2 amide bonds. The average Bonchev–Trinajstić information content (AvgIpc) is 2.61. The van der Waals surface area contributed by atoms with E-state index < -0.39 is 23.8 Å². The van der Waals surface area contributed by atoms with Gasteiger partial charge in [-0.15, -0.1) is 0 Å². The Morgan fingerprint density at radius 1 is 1.15 bits per heavy atom. The Morgan fingerprint density at radius 2 is 1.85 bits per heavy atom.